The Kier molecular flexibility index (Phi) is 8.71. The summed E-state index contributed by atoms with van der Waals surface area (Å²) in [6.07, 6.45) is 7.88. The number of aryl methyl sites for hydroxylation is 1. The number of carbonyl (C=O) groups is 1. The summed E-state index contributed by atoms with van der Waals surface area (Å²) in [5.41, 5.74) is 1.84. The molecule has 0 atom stereocenters. The van der Waals surface area contributed by atoms with Crippen LogP contribution < -0.4 is 10.6 Å². The molecule has 1 amide bonds. The first-order valence-electron chi connectivity index (χ1n) is 13.5. The molecular weight excluding hydrogens is 557 g/mol. The Morgan fingerprint density at radius 1 is 1.20 bits per heavy atom. The number of amides is 1. The fraction of sp³-hybridized carbons (Fsp3) is 0.519. The minimum Gasteiger partial charge on any atom is -0.447 e. The smallest absolute Gasteiger partial charge is 0.407 e. The standard InChI is InChI=1S/C27H34FN5O5S2/c1-17(2)38-27(34)32-19-5-3-18(4-6-19)26-29-13-24(39-26)23-8-7-20(31-21-12-30-33(14-21)10-9-28)11-25(23)40(35,36)22-15-37-16-22/h7-8,11-14,17-19,22,31H,3-6,9-10,15-16H2,1-2H3,(H,32,34). The molecule has 1 saturated carbocycles. The van der Waals surface area contributed by atoms with Gasteiger partial charge in [-0.3, -0.25) is 4.68 Å². The molecule has 13 heteroatoms. The van der Waals surface area contributed by atoms with Crippen LogP contribution in [0.5, 0.6) is 0 Å². The lowest BCUT2D eigenvalue weighted by atomic mass is 9.86. The predicted octanol–water partition coefficient (Wildman–Crippen LogP) is 5.05. The number of alkyl carbamates (subject to hydrolysis) is 1. The van der Waals surface area contributed by atoms with E-state index < -0.39 is 21.8 Å². The first-order chi connectivity index (χ1) is 19.2. The third-order valence-corrected chi connectivity index (χ3v) is 10.4. The van der Waals surface area contributed by atoms with Crippen molar-refractivity contribution in [1.29, 1.82) is 0 Å². The summed E-state index contributed by atoms with van der Waals surface area (Å²) < 4.78 is 51.7. The highest BCUT2D eigenvalue weighted by Gasteiger charge is 2.36. The molecule has 1 saturated heterocycles. The molecule has 10 nitrogen and oxygen atoms in total. The van der Waals surface area contributed by atoms with E-state index in [2.05, 4.69) is 20.7 Å². The predicted molar refractivity (Wildman–Crippen MR) is 151 cm³/mol. The number of hydrogen-bond acceptors (Lipinski definition) is 9. The van der Waals surface area contributed by atoms with Crippen molar-refractivity contribution in [3.63, 3.8) is 0 Å². The molecule has 0 radical (unpaired) electrons. The normalized spacial score (nSPS) is 19.8. The summed E-state index contributed by atoms with van der Waals surface area (Å²) in [5, 5.41) is 10.6. The second-order valence-corrected chi connectivity index (χ2v) is 13.7. The molecule has 2 aliphatic rings. The minimum atomic E-state index is -3.65. The molecule has 2 fully saturated rings. The molecule has 1 aliphatic heterocycles. The van der Waals surface area contributed by atoms with Gasteiger partial charge in [-0.25, -0.2) is 22.6 Å². The van der Waals surface area contributed by atoms with Crippen molar-refractivity contribution in [2.75, 3.05) is 25.2 Å². The van der Waals surface area contributed by atoms with Crippen molar-refractivity contribution < 1.29 is 27.1 Å². The first-order valence-corrected chi connectivity index (χ1v) is 15.8. The van der Waals surface area contributed by atoms with Crippen LogP contribution in [0, 0.1) is 0 Å². The van der Waals surface area contributed by atoms with Crippen LogP contribution in [-0.4, -0.2) is 66.6 Å². The maximum Gasteiger partial charge on any atom is 0.407 e. The van der Waals surface area contributed by atoms with E-state index in [1.165, 1.54) is 16.0 Å². The Balaban J connectivity index is 1.34. The number of nitrogens with one attached hydrogen (secondary N) is 2. The van der Waals surface area contributed by atoms with Gasteiger partial charge in [-0.1, -0.05) is 6.07 Å². The third-order valence-electron chi connectivity index (χ3n) is 7.10. The number of ether oxygens (including phenoxy) is 2. The van der Waals surface area contributed by atoms with Crippen LogP contribution >= 0.6 is 11.3 Å². The van der Waals surface area contributed by atoms with E-state index >= 15 is 0 Å². The summed E-state index contributed by atoms with van der Waals surface area (Å²) in [7, 11) is -3.65. The highest BCUT2D eigenvalue weighted by molar-refractivity contribution is 7.92. The molecule has 5 rings (SSSR count). The molecule has 3 aromatic rings. The van der Waals surface area contributed by atoms with E-state index in [0.717, 1.165) is 35.6 Å². The lowest BCUT2D eigenvalue weighted by Crippen LogP contribution is -2.40. The zero-order valence-corrected chi connectivity index (χ0v) is 24.1. The number of rotatable bonds is 10. The Hall–Kier alpha value is -3.03. The number of thiazole rings is 1. The van der Waals surface area contributed by atoms with Gasteiger partial charge in [0.05, 0.1) is 52.5 Å². The van der Waals surface area contributed by atoms with Gasteiger partial charge in [-0.15, -0.1) is 11.3 Å². The van der Waals surface area contributed by atoms with E-state index in [1.54, 1.807) is 30.7 Å². The minimum absolute atomic E-state index is 0.0764. The van der Waals surface area contributed by atoms with Gasteiger partial charge in [0.15, 0.2) is 9.84 Å². The van der Waals surface area contributed by atoms with Crippen LogP contribution in [-0.2, 0) is 25.9 Å². The summed E-state index contributed by atoms with van der Waals surface area (Å²) >= 11 is 1.51. The third kappa shape index (κ3) is 6.47. The van der Waals surface area contributed by atoms with E-state index in [9.17, 15) is 17.6 Å². The number of halogens is 1. The number of hydrogen-bond donors (Lipinski definition) is 2. The van der Waals surface area contributed by atoms with Crippen molar-refractivity contribution in [2.24, 2.45) is 0 Å². The lowest BCUT2D eigenvalue weighted by Gasteiger charge is -2.28. The summed E-state index contributed by atoms with van der Waals surface area (Å²) in [5.74, 6) is 0.250. The second kappa shape index (κ2) is 12.2. The number of carbonyl (C=O) groups excluding carboxylic acids is 1. The van der Waals surface area contributed by atoms with E-state index in [0.29, 0.717) is 16.9 Å². The molecule has 1 aliphatic carbocycles. The molecule has 1 aromatic carbocycles. The molecular formula is C27H34FN5O5S2. The molecule has 3 heterocycles. The van der Waals surface area contributed by atoms with Crippen LogP contribution in [0.2, 0.25) is 0 Å². The number of aromatic nitrogens is 3. The average Bonchev–Trinajstić information content (AvgIpc) is 3.53. The zero-order valence-electron chi connectivity index (χ0n) is 22.5. The Morgan fingerprint density at radius 3 is 2.65 bits per heavy atom. The number of benzene rings is 1. The molecule has 0 spiro atoms. The van der Waals surface area contributed by atoms with Gasteiger partial charge in [-0.2, -0.15) is 5.10 Å². The van der Waals surface area contributed by atoms with E-state index in [1.807, 2.05) is 19.9 Å². The average molecular weight is 592 g/mol. The van der Waals surface area contributed by atoms with Gasteiger partial charge in [-0.05, 0) is 51.7 Å². The van der Waals surface area contributed by atoms with E-state index in [4.69, 9.17) is 9.47 Å². The van der Waals surface area contributed by atoms with Crippen LogP contribution in [0.25, 0.3) is 10.4 Å². The lowest BCUT2D eigenvalue weighted by molar-refractivity contribution is 0.0416. The van der Waals surface area contributed by atoms with E-state index in [-0.39, 0.29) is 48.8 Å². The number of nitrogens with zero attached hydrogens (tertiary/aromatic N) is 3. The maximum absolute atomic E-state index is 13.6. The van der Waals surface area contributed by atoms with Crippen molar-refractivity contribution in [3.05, 3.63) is 41.8 Å². The number of alkyl halides is 1. The molecule has 0 unspecified atom stereocenters. The van der Waals surface area contributed by atoms with Crippen LogP contribution in [0.4, 0.5) is 20.6 Å². The molecule has 2 aromatic heterocycles. The van der Waals surface area contributed by atoms with Crippen molar-refractivity contribution in [2.45, 2.75) is 74.3 Å². The van der Waals surface area contributed by atoms with Crippen LogP contribution in [0.1, 0.15) is 50.5 Å². The quantitative estimate of drug-likeness (QED) is 0.336. The zero-order chi connectivity index (χ0) is 28.3. The molecule has 40 heavy (non-hydrogen) atoms. The highest BCUT2D eigenvalue weighted by Crippen LogP contribution is 2.41. The maximum atomic E-state index is 13.6. The largest absolute Gasteiger partial charge is 0.447 e. The topological polar surface area (TPSA) is 124 Å². The van der Waals surface area contributed by atoms with Crippen LogP contribution in [0.3, 0.4) is 0 Å². The summed E-state index contributed by atoms with van der Waals surface area (Å²) in [6.45, 7) is 3.62. The van der Waals surface area contributed by atoms with Crippen molar-refractivity contribution >= 4 is 38.6 Å². The van der Waals surface area contributed by atoms with Crippen molar-refractivity contribution in [1.82, 2.24) is 20.1 Å². The monoisotopic (exact) mass is 591 g/mol. The Bertz CT molecular complexity index is 1430. The summed E-state index contributed by atoms with van der Waals surface area (Å²) in [4.78, 5) is 17.7. The van der Waals surface area contributed by atoms with Crippen molar-refractivity contribution in [3.8, 4) is 10.4 Å². The highest BCUT2D eigenvalue weighted by atomic mass is 32.2. The molecule has 0 bridgehead atoms. The number of anilines is 2. The van der Waals surface area contributed by atoms with Gasteiger partial charge in [0, 0.05) is 35.6 Å². The van der Waals surface area contributed by atoms with Gasteiger partial charge >= 0.3 is 6.09 Å². The fourth-order valence-corrected chi connectivity index (χ4v) is 7.79. The molecule has 216 valence electrons. The molecule has 2 N–H and O–H groups in total. The van der Waals surface area contributed by atoms with Gasteiger partial charge in [0.25, 0.3) is 0 Å². The van der Waals surface area contributed by atoms with Crippen LogP contribution in [0.15, 0.2) is 41.7 Å². The Morgan fingerprint density at radius 2 is 1.98 bits per heavy atom. The number of sulfone groups is 1. The van der Waals surface area contributed by atoms with Gasteiger partial charge in [0.1, 0.15) is 11.9 Å². The van der Waals surface area contributed by atoms with Gasteiger partial charge < -0.3 is 20.1 Å². The second-order valence-electron chi connectivity index (χ2n) is 10.4. The summed E-state index contributed by atoms with van der Waals surface area (Å²) in [6, 6.07) is 5.35. The SMILES string of the molecule is CC(C)OC(=O)NC1CCC(c2ncc(-c3ccc(Nc4cnn(CCF)c4)cc3S(=O)(=O)C3COC3)s2)CC1. The fourth-order valence-electron chi connectivity index (χ4n) is 4.92. The van der Waals surface area contributed by atoms with Gasteiger partial charge in [0.2, 0.25) is 0 Å². The Labute approximate surface area is 237 Å². The first kappa shape index (κ1) is 28.5.